The summed E-state index contributed by atoms with van der Waals surface area (Å²) in [5, 5.41) is 19.2. The Morgan fingerprint density at radius 2 is 1.60 bits per heavy atom. The molecule has 0 amide bonds. The largest absolute Gasteiger partial charge is 0.397 e. The molecule has 0 aromatic rings. The molecule has 4 aliphatic rings. The fourth-order valence-electron chi connectivity index (χ4n) is 10.7. The smallest absolute Gasteiger partial charge is 0.393 e. The number of fused-ring (bicyclic) bond motifs is 5. The van der Waals surface area contributed by atoms with E-state index in [0.29, 0.717) is 53.4 Å². The van der Waals surface area contributed by atoms with E-state index < -0.39 is 16.5 Å². The van der Waals surface area contributed by atoms with Gasteiger partial charge in [0.05, 0.1) is 12.2 Å². The van der Waals surface area contributed by atoms with Gasteiger partial charge in [-0.15, -0.1) is 0 Å². The van der Waals surface area contributed by atoms with Gasteiger partial charge >= 0.3 is 10.4 Å². The molecule has 6 N–H and O–H groups in total. The monoisotopic (exact) mass is 627 g/mol. The minimum atomic E-state index is -4.45. The van der Waals surface area contributed by atoms with Crippen LogP contribution in [0.4, 0.5) is 0 Å². The molecule has 0 heterocycles. The lowest BCUT2D eigenvalue weighted by Gasteiger charge is -2.62. The van der Waals surface area contributed by atoms with Gasteiger partial charge in [-0.25, -0.2) is 4.18 Å². The average molecular weight is 628 g/mol. The third-order valence-electron chi connectivity index (χ3n) is 13.1. The highest BCUT2D eigenvalue weighted by atomic mass is 32.3. The Morgan fingerprint density at radius 3 is 2.30 bits per heavy atom. The van der Waals surface area contributed by atoms with E-state index in [-0.39, 0.29) is 17.4 Å². The molecule has 0 saturated heterocycles. The third-order valence-corrected chi connectivity index (χ3v) is 13.6. The molecular formula is C34H65N3O5S. The fourth-order valence-corrected chi connectivity index (χ4v) is 11.3. The predicted octanol–water partition coefficient (Wildman–Crippen LogP) is 5.55. The molecule has 4 fully saturated rings. The first-order valence-electron chi connectivity index (χ1n) is 17.8. The van der Waals surface area contributed by atoms with Crippen molar-refractivity contribution in [3.63, 3.8) is 0 Å². The van der Waals surface area contributed by atoms with E-state index in [2.05, 4.69) is 31.4 Å². The van der Waals surface area contributed by atoms with Crippen LogP contribution >= 0.6 is 0 Å². The molecule has 0 unspecified atom stereocenters. The molecule has 9 heteroatoms. The molecular weight excluding hydrogens is 562 g/mol. The first kappa shape index (κ1) is 35.6. The van der Waals surface area contributed by atoms with Crippen LogP contribution in [0.5, 0.6) is 0 Å². The zero-order chi connectivity index (χ0) is 31.4. The van der Waals surface area contributed by atoms with Crippen molar-refractivity contribution < 1.29 is 22.3 Å². The zero-order valence-electron chi connectivity index (χ0n) is 27.9. The summed E-state index contributed by atoms with van der Waals surface area (Å²) in [6, 6.07) is 0.573. The van der Waals surface area contributed by atoms with Gasteiger partial charge in [-0.1, -0.05) is 34.6 Å². The summed E-state index contributed by atoms with van der Waals surface area (Å²) < 4.78 is 37.1. The van der Waals surface area contributed by atoms with Crippen LogP contribution in [0.3, 0.4) is 0 Å². The van der Waals surface area contributed by atoms with E-state index >= 15 is 0 Å². The standard InChI is InChI=1S/C34H65N3O5S/c1-23(2)31(42-43(39,40)41)12-9-24(3)27-10-11-28-32-29(14-16-34(27,28)5)33(4)15-13-26(21-25(33)22-30(32)38)37-20-8-19-36-18-7-6-17-35/h23-32,36-38H,6-22,35H2,1-5H3,(H,39,40,41)/t24-,25-,26+,27-,28+,29+,30-,31+,32+,33+,34-/m1/s1. The van der Waals surface area contributed by atoms with Crippen LogP contribution in [-0.2, 0) is 14.6 Å². The maximum Gasteiger partial charge on any atom is 0.397 e. The van der Waals surface area contributed by atoms with Crippen molar-refractivity contribution in [2.24, 2.45) is 58.0 Å². The lowest BCUT2D eigenvalue weighted by atomic mass is 9.43. The number of unbranched alkanes of at least 4 members (excludes halogenated alkanes) is 1. The third kappa shape index (κ3) is 8.36. The molecule has 0 aromatic heterocycles. The molecule has 0 aromatic carbocycles. The van der Waals surface area contributed by atoms with Crippen molar-refractivity contribution in [1.29, 1.82) is 0 Å². The first-order chi connectivity index (χ1) is 20.3. The molecule has 0 bridgehead atoms. The Kier molecular flexibility index (Phi) is 12.5. The highest BCUT2D eigenvalue weighted by molar-refractivity contribution is 7.80. The molecule has 4 aliphatic carbocycles. The van der Waals surface area contributed by atoms with Gasteiger partial charge in [-0.2, -0.15) is 8.42 Å². The molecule has 0 aliphatic heterocycles. The molecule has 0 radical (unpaired) electrons. The van der Waals surface area contributed by atoms with E-state index in [1.54, 1.807) is 0 Å². The fraction of sp³-hybridized carbons (Fsp3) is 1.00. The van der Waals surface area contributed by atoms with Crippen LogP contribution in [0.2, 0.25) is 0 Å². The van der Waals surface area contributed by atoms with Crippen molar-refractivity contribution in [1.82, 2.24) is 10.6 Å². The van der Waals surface area contributed by atoms with Crippen molar-refractivity contribution >= 4 is 10.4 Å². The average Bonchev–Trinajstić information content (AvgIpc) is 3.29. The topological polar surface area (TPSA) is 134 Å². The summed E-state index contributed by atoms with van der Waals surface area (Å²) in [5.74, 6) is 3.21. The first-order valence-corrected chi connectivity index (χ1v) is 19.1. The highest BCUT2D eigenvalue weighted by Crippen LogP contribution is 2.68. The lowest BCUT2D eigenvalue weighted by Crippen LogP contribution is -2.59. The quantitative estimate of drug-likeness (QED) is 0.111. The van der Waals surface area contributed by atoms with Crippen LogP contribution in [0.25, 0.3) is 0 Å². The van der Waals surface area contributed by atoms with Gasteiger partial charge in [-0.05, 0) is 162 Å². The molecule has 252 valence electrons. The van der Waals surface area contributed by atoms with E-state index in [1.807, 2.05) is 13.8 Å². The number of aliphatic hydroxyl groups is 1. The van der Waals surface area contributed by atoms with Gasteiger partial charge in [0.15, 0.2) is 0 Å². The number of nitrogens with two attached hydrogens (primary N) is 1. The van der Waals surface area contributed by atoms with Crippen LogP contribution in [0, 0.1) is 52.3 Å². The molecule has 43 heavy (non-hydrogen) atoms. The number of nitrogens with one attached hydrogen (secondary N) is 2. The molecule has 4 saturated carbocycles. The van der Waals surface area contributed by atoms with Gasteiger partial charge in [0.2, 0.25) is 0 Å². The van der Waals surface area contributed by atoms with E-state index in [9.17, 15) is 18.1 Å². The maximum atomic E-state index is 11.8. The second kappa shape index (κ2) is 15.1. The summed E-state index contributed by atoms with van der Waals surface area (Å²) in [7, 11) is -4.45. The SMILES string of the molecule is CC(C)[C@H](CC[C@@H](C)[C@H]1CC[C@H]2[C@@H]3[C@H](O)C[C@H]4C[C@@H](NCCCNCCCCN)CC[C@]4(C)[C@H]3CC[C@]12C)OS(=O)(=O)O. The van der Waals surface area contributed by atoms with Crippen molar-refractivity contribution in [2.45, 2.75) is 136 Å². The maximum absolute atomic E-state index is 11.8. The summed E-state index contributed by atoms with van der Waals surface area (Å²) in [6.07, 6.45) is 13.7. The Balaban J connectivity index is 1.32. The van der Waals surface area contributed by atoms with Crippen molar-refractivity contribution in [3.05, 3.63) is 0 Å². The Bertz CT molecular complexity index is 981. The molecule has 4 rings (SSSR count). The summed E-state index contributed by atoms with van der Waals surface area (Å²) in [6.45, 7) is 15.3. The van der Waals surface area contributed by atoms with Gasteiger partial charge < -0.3 is 21.5 Å². The zero-order valence-corrected chi connectivity index (χ0v) is 28.7. The number of rotatable bonds is 16. The lowest BCUT2D eigenvalue weighted by molar-refractivity contribution is -0.167. The highest BCUT2D eigenvalue weighted by Gasteiger charge is 2.62. The van der Waals surface area contributed by atoms with Crippen molar-refractivity contribution in [3.8, 4) is 0 Å². The van der Waals surface area contributed by atoms with Gasteiger partial charge in [0, 0.05) is 6.04 Å². The number of hydrogen-bond acceptors (Lipinski definition) is 7. The Morgan fingerprint density at radius 1 is 0.907 bits per heavy atom. The number of hydrogen-bond donors (Lipinski definition) is 5. The van der Waals surface area contributed by atoms with E-state index in [0.717, 1.165) is 58.3 Å². The Labute approximate surface area is 263 Å². The van der Waals surface area contributed by atoms with Crippen molar-refractivity contribution in [2.75, 3.05) is 26.2 Å². The molecule has 11 atom stereocenters. The summed E-state index contributed by atoms with van der Waals surface area (Å²) >= 11 is 0. The summed E-state index contributed by atoms with van der Waals surface area (Å²) in [4.78, 5) is 0. The predicted molar refractivity (Wildman–Crippen MR) is 174 cm³/mol. The number of aliphatic hydroxyl groups excluding tert-OH is 1. The minimum Gasteiger partial charge on any atom is -0.393 e. The van der Waals surface area contributed by atoms with Gasteiger partial charge in [0.1, 0.15) is 0 Å². The van der Waals surface area contributed by atoms with E-state index in [4.69, 9.17) is 9.92 Å². The van der Waals surface area contributed by atoms with Gasteiger partial charge in [-0.3, -0.25) is 4.55 Å². The van der Waals surface area contributed by atoms with Crippen LogP contribution in [0.15, 0.2) is 0 Å². The van der Waals surface area contributed by atoms with Gasteiger partial charge in [0.25, 0.3) is 0 Å². The minimum absolute atomic E-state index is 0.0152. The summed E-state index contributed by atoms with van der Waals surface area (Å²) in [5.41, 5.74) is 6.13. The Hall–Kier alpha value is -0.290. The van der Waals surface area contributed by atoms with Crippen LogP contribution in [0.1, 0.15) is 118 Å². The second-order valence-electron chi connectivity index (χ2n) is 15.9. The van der Waals surface area contributed by atoms with E-state index in [1.165, 1.54) is 44.9 Å². The normalized spacial score (nSPS) is 39.2. The van der Waals surface area contributed by atoms with Crippen LogP contribution in [-0.4, -0.2) is 62.5 Å². The molecule has 0 spiro atoms. The molecule has 8 nitrogen and oxygen atoms in total. The van der Waals surface area contributed by atoms with Crippen LogP contribution < -0.4 is 16.4 Å². The second-order valence-corrected chi connectivity index (χ2v) is 17.0.